The molecule has 0 spiro atoms. The normalized spacial score (nSPS) is 15.2. The minimum absolute atomic E-state index is 0.0263. The Hall–Kier alpha value is -2.04. The van der Waals surface area contributed by atoms with E-state index in [1.807, 2.05) is 36.4 Å². The van der Waals surface area contributed by atoms with Crippen LogP contribution in [-0.2, 0) is 17.8 Å². The molecular weight excluding hydrogens is 267 g/mol. The summed E-state index contributed by atoms with van der Waals surface area (Å²) in [7, 11) is 0. The zero-order valence-corrected chi connectivity index (χ0v) is 10.6. The molecule has 0 saturated heterocycles. The number of halogens is 3. The van der Waals surface area contributed by atoms with Gasteiger partial charge in [0.15, 0.2) is 0 Å². The Morgan fingerprint density at radius 1 is 1.10 bits per heavy atom. The fraction of sp³-hybridized carbons (Fsp3) is 0.267. The lowest BCUT2D eigenvalue weighted by Gasteiger charge is -2.30. The van der Waals surface area contributed by atoms with Crippen LogP contribution in [0.4, 0.5) is 13.2 Å². The Morgan fingerprint density at radius 3 is 2.60 bits per heavy atom. The molecule has 1 aliphatic heterocycles. The van der Waals surface area contributed by atoms with Gasteiger partial charge in [-0.2, -0.15) is 13.2 Å². The first-order chi connectivity index (χ1) is 9.47. The summed E-state index contributed by atoms with van der Waals surface area (Å²) < 4.78 is 37.4. The van der Waals surface area contributed by atoms with Crippen molar-refractivity contribution < 1.29 is 18.0 Å². The van der Waals surface area contributed by atoms with Crippen LogP contribution >= 0.6 is 0 Å². The molecule has 0 bridgehead atoms. The Kier molecular flexibility index (Phi) is 2.92. The Morgan fingerprint density at radius 2 is 1.85 bits per heavy atom. The minimum atomic E-state index is -4.80. The fourth-order valence-corrected chi connectivity index (χ4v) is 2.71. The van der Waals surface area contributed by atoms with Crippen LogP contribution < -0.4 is 0 Å². The van der Waals surface area contributed by atoms with Gasteiger partial charge in [-0.15, -0.1) is 0 Å². The molecule has 0 unspecified atom stereocenters. The molecule has 104 valence electrons. The highest BCUT2D eigenvalue weighted by Gasteiger charge is 2.43. The van der Waals surface area contributed by atoms with Crippen molar-refractivity contribution in [2.24, 2.45) is 0 Å². The van der Waals surface area contributed by atoms with E-state index in [9.17, 15) is 18.0 Å². The zero-order chi connectivity index (χ0) is 14.3. The van der Waals surface area contributed by atoms with Gasteiger partial charge in [-0.1, -0.05) is 36.4 Å². The van der Waals surface area contributed by atoms with Crippen LogP contribution in [0.15, 0.2) is 36.4 Å². The maximum Gasteiger partial charge on any atom is 0.471 e. The van der Waals surface area contributed by atoms with Crippen molar-refractivity contribution in [2.75, 3.05) is 6.54 Å². The second-order valence-electron chi connectivity index (χ2n) is 4.90. The van der Waals surface area contributed by atoms with Gasteiger partial charge < -0.3 is 4.90 Å². The molecule has 2 aromatic rings. The molecule has 1 aliphatic rings. The molecule has 1 heterocycles. The quantitative estimate of drug-likeness (QED) is 0.724. The van der Waals surface area contributed by atoms with Crippen molar-refractivity contribution in [2.45, 2.75) is 19.1 Å². The second-order valence-corrected chi connectivity index (χ2v) is 4.90. The summed E-state index contributed by atoms with van der Waals surface area (Å²) in [6.07, 6.45) is -4.34. The van der Waals surface area contributed by atoms with Gasteiger partial charge in [-0.25, -0.2) is 0 Å². The van der Waals surface area contributed by atoms with Crippen LogP contribution in [0.1, 0.15) is 11.1 Å². The maximum atomic E-state index is 12.5. The van der Waals surface area contributed by atoms with E-state index >= 15 is 0 Å². The Labute approximate surface area is 113 Å². The summed E-state index contributed by atoms with van der Waals surface area (Å²) in [6.45, 7) is 0.137. The third-order valence-electron chi connectivity index (χ3n) is 3.66. The van der Waals surface area contributed by atoms with E-state index in [0.717, 1.165) is 26.8 Å². The van der Waals surface area contributed by atoms with Crippen molar-refractivity contribution in [3.63, 3.8) is 0 Å². The fourth-order valence-electron chi connectivity index (χ4n) is 2.71. The highest BCUT2D eigenvalue weighted by atomic mass is 19.4. The number of hydrogen-bond acceptors (Lipinski definition) is 1. The van der Waals surface area contributed by atoms with Gasteiger partial charge in [-0.05, 0) is 28.3 Å². The average molecular weight is 279 g/mol. The molecular formula is C15H12F3NO. The molecule has 3 rings (SSSR count). The van der Waals surface area contributed by atoms with Crippen molar-refractivity contribution in [3.05, 3.63) is 47.5 Å². The van der Waals surface area contributed by atoms with Crippen LogP contribution in [0.3, 0.4) is 0 Å². The molecule has 0 aromatic heterocycles. The van der Waals surface area contributed by atoms with Crippen molar-refractivity contribution in [1.29, 1.82) is 0 Å². The van der Waals surface area contributed by atoms with E-state index in [-0.39, 0.29) is 13.1 Å². The topological polar surface area (TPSA) is 20.3 Å². The molecule has 0 radical (unpaired) electrons. The first-order valence-corrected chi connectivity index (χ1v) is 6.32. The molecule has 0 fully saturated rings. The molecule has 2 nitrogen and oxygen atoms in total. The van der Waals surface area contributed by atoms with Crippen molar-refractivity contribution >= 4 is 16.7 Å². The number of alkyl halides is 3. The van der Waals surface area contributed by atoms with Crippen molar-refractivity contribution in [1.82, 2.24) is 4.90 Å². The standard InChI is InChI=1S/C15H12F3NO/c16-15(17,18)14(20)19-8-7-13-11(9-19)6-5-10-3-1-2-4-12(10)13/h1-6H,7-9H2. The first kappa shape index (κ1) is 13.0. The van der Waals surface area contributed by atoms with E-state index in [4.69, 9.17) is 0 Å². The predicted octanol–water partition coefficient (Wildman–Crippen LogP) is 3.29. The van der Waals surface area contributed by atoms with Gasteiger partial charge in [0.2, 0.25) is 0 Å². The van der Waals surface area contributed by atoms with E-state index in [1.165, 1.54) is 0 Å². The van der Waals surface area contributed by atoms with Gasteiger partial charge in [0.25, 0.3) is 0 Å². The third kappa shape index (κ3) is 2.13. The zero-order valence-electron chi connectivity index (χ0n) is 10.6. The van der Waals surface area contributed by atoms with Crippen LogP contribution in [-0.4, -0.2) is 23.5 Å². The van der Waals surface area contributed by atoms with E-state index < -0.39 is 12.1 Å². The van der Waals surface area contributed by atoms with E-state index in [2.05, 4.69) is 0 Å². The van der Waals surface area contributed by atoms with Gasteiger partial charge >= 0.3 is 12.1 Å². The lowest BCUT2D eigenvalue weighted by Crippen LogP contribution is -2.43. The van der Waals surface area contributed by atoms with E-state index in [1.54, 1.807) is 0 Å². The van der Waals surface area contributed by atoms with Crippen LogP contribution in [0.2, 0.25) is 0 Å². The number of hydrogen-bond donors (Lipinski definition) is 0. The summed E-state index contributed by atoms with van der Waals surface area (Å²) in [6, 6.07) is 11.5. The summed E-state index contributed by atoms with van der Waals surface area (Å²) in [5, 5.41) is 2.13. The lowest BCUT2D eigenvalue weighted by atomic mass is 9.93. The first-order valence-electron chi connectivity index (χ1n) is 6.32. The van der Waals surface area contributed by atoms with E-state index in [0.29, 0.717) is 6.42 Å². The molecule has 1 amide bonds. The monoisotopic (exact) mass is 279 g/mol. The highest BCUT2D eigenvalue weighted by molar-refractivity contribution is 5.88. The summed E-state index contributed by atoms with van der Waals surface area (Å²) in [4.78, 5) is 12.2. The van der Waals surface area contributed by atoms with Gasteiger partial charge in [0, 0.05) is 13.1 Å². The molecule has 5 heteroatoms. The van der Waals surface area contributed by atoms with Crippen LogP contribution in [0.25, 0.3) is 10.8 Å². The minimum Gasteiger partial charge on any atom is -0.330 e. The number of amides is 1. The number of carbonyl (C=O) groups is 1. The maximum absolute atomic E-state index is 12.5. The molecule has 2 aromatic carbocycles. The molecule has 0 saturated carbocycles. The lowest BCUT2D eigenvalue weighted by molar-refractivity contribution is -0.186. The highest BCUT2D eigenvalue weighted by Crippen LogP contribution is 2.29. The number of fused-ring (bicyclic) bond motifs is 3. The number of benzene rings is 2. The Bertz CT molecular complexity index is 678. The SMILES string of the molecule is O=C(N1CCc2c(ccc3ccccc23)C1)C(F)(F)F. The number of carbonyl (C=O) groups excluding carboxylic acids is 1. The van der Waals surface area contributed by atoms with Crippen molar-refractivity contribution in [3.8, 4) is 0 Å². The summed E-state index contributed by atoms with van der Waals surface area (Å²) in [5.41, 5.74) is 1.85. The number of nitrogens with zero attached hydrogens (tertiary/aromatic N) is 1. The molecule has 0 atom stereocenters. The van der Waals surface area contributed by atoms with Gasteiger partial charge in [0.05, 0.1) is 0 Å². The second kappa shape index (κ2) is 4.51. The van der Waals surface area contributed by atoms with Crippen LogP contribution in [0, 0.1) is 0 Å². The summed E-state index contributed by atoms with van der Waals surface area (Å²) >= 11 is 0. The van der Waals surface area contributed by atoms with Crippen LogP contribution in [0.5, 0.6) is 0 Å². The molecule has 0 aliphatic carbocycles. The number of rotatable bonds is 0. The van der Waals surface area contributed by atoms with Gasteiger partial charge in [0.1, 0.15) is 0 Å². The smallest absolute Gasteiger partial charge is 0.330 e. The third-order valence-corrected chi connectivity index (χ3v) is 3.66. The molecule has 0 N–H and O–H groups in total. The molecule has 20 heavy (non-hydrogen) atoms. The average Bonchev–Trinajstić information content (AvgIpc) is 2.44. The largest absolute Gasteiger partial charge is 0.471 e. The summed E-state index contributed by atoms with van der Waals surface area (Å²) in [5.74, 6) is -1.75. The van der Waals surface area contributed by atoms with Gasteiger partial charge in [-0.3, -0.25) is 4.79 Å². The predicted molar refractivity (Wildman–Crippen MR) is 69.1 cm³/mol. The Balaban J connectivity index is 1.97.